The number of phenols is 1. The van der Waals surface area contributed by atoms with Gasteiger partial charge >= 0.3 is 0 Å². The number of nitrogens with two attached hydrogens (primary N) is 1. The molecule has 22 heavy (non-hydrogen) atoms. The van der Waals surface area contributed by atoms with Gasteiger partial charge in [-0.2, -0.15) is 0 Å². The molecule has 0 radical (unpaired) electrons. The number of anilines is 1. The lowest BCUT2D eigenvalue weighted by molar-refractivity contribution is -0.119. The van der Waals surface area contributed by atoms with Gasteiger partial charge in [0.15, 0.2) is 0 Å². The van der Waals surface area contributed by atoms with Crippen LogP contribution in [0.25, 0.3) is 0 Å². The zero-order valence-corrected chi connectivity index (χ0v) is 12.4. The van der Waals surface area contributed by atoms with Gasteiger partial charge in [-0.3, -0.25) is 4.79 Å². The maximum absolute atomic E-state index is 12.6. The predicted molar refractivity (Wildman–Crippen MR) is 86.8 cm³/mol. The Labute approximate surface area is 130 Å². The van der Waals surface area contributed by atoms with Crippen LogP contribution >= 0.6 is 0 Å². The SMILES string of the molecule is NC(CC(=O)N1CCCc2ccccc21)c1ccc(O)cc1. The van der Waals surface area contributed by atoms with Gasteiger partial charge in [0.05, 0.1) is 0 Å². The topological polar surface area (TPSA) is 66.6 Å². The van der Waals surface area contributed by atoms with E-state index < -0.39 is 0 Å². The summed E-state index contributed by atoms with van der Waals surface area (Å²) in [6.45, 7) is 0.748. The fraction of sp³-hybridized carbons (Fsp3) is 0.278. The molecule has 1 aliphatic rings. The molecule has 1 atom stereocenters. The molecule has 1 aliphatic heterocycles. The maximum Gasteiger partial charge on any atom is 0.228 e. The molecule has 3 rings (SSSR count). The molecule has 2 aromatic rings. The number of carbonyl (C=O) groups is 1. The summed E-state index contributed by atoms with van der Waals surface area (Å²) in [6.07, 6.45) is 2.26. The Hall–Kier alpha value is -2.33. The summed E-state index contributed by atoms with van der Waals surface area (Å²) in [4.78, 5) is 14.5. The molecular formula is C18H20N2O2. The molecule has 0 saturated heterocycles. The molecule has 0 aliphatic carbocycles. The molecule has 0 bridgehead atoms. The van der Waals surface area contributed by atoms with E-state index in [4.69, 9.17) is 5.73 Å². The molecule has 4 nitrogen and oxygen atoms in total. The molecule has 0 saturated carbocycles. The number of amides is 1. The summed E-state index contributed by atoms with van der Waals surface area (Å²) < 4.78 is 0. The number of benzene rings is 2. The van der Waals surface area contributed by atoms with Crippen LogP contribution in [-0.4, -0.2) is 17.6 Å². The molecular weight excluding hydrogens is 276 g/mol. The lowest BCUT2D eigenvalue weighted by atomic mass is 9.99. The Morgan fingerprint density at radius 1 is 1.18 bits per heavy atom. The molecule has 4 heteroatoms. The Morgan fingerprint density at radius 2 is 1.91 bits per heavy atom. The predicted octanol–water partition coefficient (Wildman–Crippen LogP) is 2.76. The van der Waals surface area contributed by atoms with Crippen LogP contribution in [0.2, 0.25) is 0 Å². The van der Waals surface area contributed by atoms with Crippen molar-refractivity contribution in [3.8, 4) is 5.75 Å². The van der Waals surface area contributed by atoms with Crippen molar-refractivity contribution >= 4 is 11.6 Å². The number of nitrogens with zero attached hydrogens (tertiary/aromatic N) is 1. The number of phenolic OH excluding ortho intramolecular Hbond substituents is 1. The third kappa shape index (κ3) is 2.97. The number of para-hydroxylation sites is 1. The van der Waals surface area contributed by atoms with Crippen molar-refractivity contribution in [2.75, 3.05) is 11.4 Å². The minimum absolute atomic E-state index is 0.0488. The van der Waals surface area contributed by atoms with Crippen LogP contribution in [0.4, 0.5) is 5.69 Å². The average molecular weight is 296 g/mol. The van der Waals surface area contributed by atoms with Crippen LogP contribution in [0.5, 0.6) is 5.75 Å². The number of carbonyl (C=O) groups excluding carboxylic acids is 1. The van der Waals surface area contributed by atoms with Crippen molar-refractivity contribution < 1.29 is 9.90 Å². The Kier molecular flexibility index (Phi) is 4.11. The van der Waals surface area contributed by atoms with E-state index in [0.717, 1.165) is 30.6 Å². The highest BCUT2D eigenvalue weighted by Crippen LogP contribution is 2.28. The third-order valence-electron chi connectivity index (χ3n) is 4.13. The molecule has 0 aromatic heterocycles. The van der Waals surface area contributed by atoms with E-state index in [9.17, 15) is 9.90 Å². The van der Waals surface area contributed by atoms with Crippen molar-refractivity contribution in [2.24, 2.45) is 5.73 Å². The van der Waals surface area contributed by atoms with Crippen LogP contribution in [0.15, 0.2) is 48.5 Å². The van der Waals surface area contributed by atoms with Crippen LogP contribution in [0.3, 0.4) is 0 Å². The standard InChI is InChI=1S/C18H20N2O2/c19-16(13-7-9-15(21)10-8-13)12-18(22)20-11-3-5-14-4-1-2-6-17(14)20/h1-2,4,6-10,16,21H,3,5,11-12,19H2. The van der Waals surface area contributed by atoms with Gasteiger partial charge in [0.1, 0.15) is 5.75 Å². The first-order valence-electron chi connectivity index (χ1n) is 7.58. The van der Waals surface area contributed by atoms with E-state index in [-0.39, 0.29) is 24.1 Å². The van der Waals surface area contributed by atoms with Crippen LogP contribution < -0.4 is 10.6 Å². The second kappa shape index (κ2) is 6.20. The lowest BCUT2D eigenvalue weighted by Crippen LogP contribution is -2.37. The number of fused-ring (bicyclic) bond motifs is 1. The van der Waals surface area contributed by atoms with Crippen LogP contribution in [0.1, 0.15) is 30.0 Å². The largest absolute Gasteiger partial charge is 0.508 e. The van der Waals surface area contributed by atoms with Gasteiger partial charge in [-0.1, -0.05) is 30.3 Å². The van der Waals surface area contributed by atoms with Crippen molar-refractivity contribution in [1.29, 1.82) is 0 Å². The number of hydrogen-bond donors (Lipinski definition) is 2. The van der Waals surface area contributed by atoms with Crippen molar-refractivity contribution in [3.05, 3.63) is 59.7 Å². The lowest BCUT2D eigenvalue weighted by Gasteiger charge is -2.30. The van der Waals surface area contributed by atoms with E-state index >= 15 is 0 Å². The average Bonchev–Trinajstić information content (AvgIpc) is 2.54. The zero-order chi connectivity index (χ0) is 15.5. The number of hydrogen-bond acceptors (Lipinski definition) is 3. The van der Waals surface area contributed by atoms with Gasteiger partial charge in [0, 0.05) is 24.7 Å². The zero-order valence-electron chi connectivity index (χ0n) is 12.4. The molecule has 2 aromatic carbocycles. The van der Waals surface area contributed by atoms with E-state index in [1.165, 1.54) is 5.56 Å². The highest BCUT2D eigenvalue weighted by atomic mass is 16.3. The van der Waals surface area contributed by atoms with E-state index in [0.29, 0.717) is 0 Å². The summed E-state index contributed by atoms with van der Waals surface area (Å²) in [6, 6.07) is 14.4. The van der Waals surface area contributed by atoms with E-state index in [2.05, 4.69) is 6.07 Å². The highest BCUT2D eigenvalue weighted by molar-refractivity contribution is 5.95. The molecule has 114 valence electrons. The number of aromatic hydroxyl groups is 1. The quantitative estimate of drug-likeness (QED) is 0.915. The second-order valence-electron chi connectivity index (χ2n) is 5.68. The van der Waals surface area contributed by atoms with E-state index in [1.807, 2.05) is 23.1 Å². The summed E-state index contributed by atoms with van der Waals surface area (Å²) in [5.41, 5.74) is 9.23. The first-order chi connectivity index (χ1) is 10.6. The monoisotopic (exact) mass is 296 g/mol. The Morgan fingerprint density at radius 3 is 2.68 bits per heavy atom. The van der Waals surface area contributed by atoms with Crippen LogP contribution in [-0.2, 0) is 11.2 Å². The van der Waals surface area contributed by atoms with Gasteiger partial charge in [0.2, 0.25) is 5.91 Å². The minimum Gasteiger partial charge on any atom is -0.508 e. The smallest absolute Gasteiger partial charge is 0.228 e. The fourth-order valence-corrected chi connectivity index (χ4v) is 2.93. The Bertz CT molecular complexity index is 667. The second-order valence-corrected chi connectivity index (χ2v) is 5.68. The maximum atomic E-state index is 12.6. The molecule has 1 heterocycles. The number of rotatable bonds is 3. The summed E-state index contributed by atoms with van der Waals surface area (Å²) in [5.74, 6) is 0.250. The fourth-order valence-electron chi connectivity index (χ4n) is 2.93. The summed E-state index contributed by atoms with van der Waals surface area (Å²) in [7, 11) is 0. The van der Waals surface area contributed by atoms with Gasteiger partial charge < -0.3 is 15.7 Å². The summed E-state index contributed by atoms with van der Waals surface area (Å²) >= 11 is 0. The van der Waals surface area contributed by atoms with Crippen molar-refractivity contribution in [2.45, 2.75) is 25.3 Å². The molecule has 0 spiro atoms. The third-order valence-corrected chi connectivity index (χ3v) is 4.13. The summed E-state index contributed by atoms with van der Waals surface area (Å²) in [5, 5.41) is 9.32. The van der Waals surface area contributed by atoms with Crippen molar-refractivity contribution in [1.82, 2.24) is 0 Å². The molecule has 1 amide bonds. The first kappa shape index (κ1) is 14.6. The highest BCUT2D eigenvalue weighted by Gasteiger charge is 2.23. The van der Waals surface area contributed by atoms with Gasteiger partial charge in [-0.05, 0) is 42.2 Å². The Balaban J connectivity index is 1.74. The van der Waals surface area contributed by atoms with Crippen LogP contribution in [0, 0.1) is 0 Å². The van der Waals surface area contributed by atoms with Gasteiger partial charge in [-0.15, -0.1) is 0 Å². The van der Waals surface area contributed by atoms with Gasteiger partial charge in [0.25, 0.3) is 0 Å². The number of aryl methyl sites for hydroxylation is 1. The first-order valence-corrected chi connectivity index (χ1v) is 7.58. The minimum atomic E-state index is -0.359. The molecule has 1 unspecified atom stereocenters. The van der Waals surface area contributed by atoms with Crippen molar-refractivity contribution in [3.63, 3.8) is 0 Å². The van der Waals surface area contributed by atoms with E-state index in [1.54, 1.807) is 24.3 Å². The molecule has 3 N–H and O–H groups in total. The van der Waals surface area contributed by atoms with Gasteiger partial charge in [-0.25, -0.2) is 0 Å². The molecule has 0 fully saturated rings. The normalized spacial score (nSPS) is 15.2.